The summed E-state index contributed by atoms with van der Waals surface area (Å²) in [6.45, 7) is 0. The molecule has 9 nitrogen and oxygen atoms in total. The van der Waals surface area contributed by atoms with Crippen LogP contribution in [0.3, 0.4) is 0 Å². The third-order valence-corrected chi connectivity index (χ3v) is 5.24. The van der Waals surface area contributed by atoms with Crippen molar-refractivity contribution >= 4 is 29.2 Å². The molecule has 0 spiro atoms. The van der Waals surface area contributed by atoms with Gasteiger partial charge in [-0.15, -0.1) is 5.10 Å². The van der Waals surface area contributed by atoms with Crippen LogP contribution in [0.1, 0.15) is 27.5 Å². The Kier molecular flexibility index (Phi) is 5.12. The Morgan fingerprint density at radius 1 is 1.00 bits per heavy atom. The average Bonchev–Trinajstić information content (AvgIpc) is 3.27. The Morgan fingerprint density at radius 2 is 1.73 bits per heavy atom. The van der Waals surface area contributed by atoms with Gasteiger partial charge in [-0.3, -0.25) is 20.2 Å². The SMILES string of the molecule is O=C(Nc1nc2n(n1)[C@H](c1ccccc1)C=C(c1ccccc1)N2)c1cccc([N+](=O)[O-])c1. The number of nitrogens with zero attached hydrogens (tertiary/aromatic N) is 4. The van der Waals surface area contributed by atoms with Crippen molar-refractivity contribution in [1.29, 1.82) is 0 Å². The van der Waals surface area contributed by atoms with Crippen LogP contribution in [0.4, 0.5) is 17.6 Å². The molecular formula is C24H18N6O3. The molecule has 5 rings (SSSR count). The minimum absolute atomic E-state index is 0.0950. The molecule has 1 aliphatic heterocycles. The monoisotopic (exact) mass is 438 g/mol. The zero-order chi connectivity index (χ0) is 22.8. The third-order valence-electron chi connectivity index (χ3n) is 5.24. The second-order valence-electron chi connectivity index (χ2n) is 7.39. The van der Waals surface area contributed by atoms with Crippen molar-refractivity contribution in [2.24, 2.45) is 0 Å². The van der Waals surface area contributed by atoms with Crippen LogP contribution in [0.2, 0.25) is 0 Å². The number of anilines is 2. The van der Waals surface area contributed by atoms with E-state index in [-0.39, 0.29) is 23.2 Å². The fraction of sp³-hybridized carbons (Fsp3) is 0.0417. The molecule has 9 heteroatoms. The number of nitro groups is 1. The van der Waals surface area contributed by atoms with Crippen molar-refractivity contribution in [2.45, 2.75) is 6.04 Å². The highest BCUT2D eigenvalue weighted by Gasteiger charge is 2.26. The summed E-state index contributed by atoms with van der Waals surface area (Å²) in [5, 5.41) is 21.4. The summed E-state index contributed by atoms with van der Waals surface area (Å²) >= 11 is 0. The van der Waals surface area contributed by atoms with E-state index < -0.39 is 10.8 Å². The molecule has 162 valence electrons. The average molecular weight is 438 g/mol. The predicted octanol–water partition coefficient (Wildman–Crippen LogP) is 4.49. The molecule has 33 heavy (non-hydrogen) atoms. The lowest BCUT2D eigenvalue weighted by Crippen LogP contribution is -2.20. The highest BCUT2D eigenvalue weighted by atomic mass is 16.6. The van der Waals surface area contributed by atoms with Gasteiger partial charge in [-0.05, 0) is 23.3 Å². The summed E-state index contributed by atoms with van der Waals surface area (Å²) in [6, 6.07) is 25.0. The summed E-state index contributed by atoms with van der Waals surface area (Å²) in [4.78, 5) is 27.6. The van der Waals surface area contributed by atoms with E-state index in [0.717, 1.165) is 16.8 Å². The van der Waals surface area contributed by atoms with Gasteiger partial charge >= 0.3 is 0 Å². The molecule has 1 aliphatic rings. The second kappa shape index (κ2) is 8.39. The topological polar surface area (TPSA) is 115 Å². The van der Waals surface area contributed by atoms with Crippen LogP contribution in [-0.4, -0.2) is 25.6 Å². The molecule has 0 bridgehead atoms. The third kappa shape index (κ3) is 4.07. The van der Waals surface area contributed by atoms with Gasteiger partial charge in [0.05, 0.1) is 4.92 Å². The van der Waals surface area contributed by atoms with Crippen LogP contribution in [0.5, 0.6) is 0 Å². The van der Waals surface area contributed by atoms with E-state index in [1.165, 1.54) is 24.3 Å². The predicted molar refractivity (Wildman–Crippen MR) is 124 cm³/mol. The second-order valence-corrected chi connectivity index (χ2v) is 7.39. The van der Waals surface area contributed by atoms with Gasteiger partial charge < -0.3 is 5.32 Å². The molecule has 1 atom stereocenters. The number of hydrogen-bond donors (Lipinski definition) is 2. The zero-order valence-corrected chi connectivity index (χ0v) is 17.3. The maximum absolute atomic E-state index is 12.7. The largest absolute Gasteiger partial charge is 0.324 e. The number of non-ortho nitro benzene ring substituents is 1. The Bertz CT molecular complexity index is 1370. The fourth-order valence-corrected chi connectivity index (χ4v) is 3.65. The van der Waals surface area contributed by atoms with Crippen LogP contribution >= 0.6 is 0 Å². The highest BCUT2D eigenvalue weighted by molar-refractivity contribution is 6.03. The Balaban J connectivity index is 1.48. The van der Waals surface area contributed by atoms with E-state index in [1.54, 1.807) is 4.68 Å². The smallest absolute Gasteiger partial charge is 0.270 e. The minimum atomic E-state index is -0.546. The van der Waals surface area contributed by atoms with Crippen LogP contribution in [0.25, 0.3) is 5.70 Å². The van der Waals surface area contributed by atoms with Gasteiger partial charge in [-0.1, -0.05) is 66.7 Å². The maximum atomic E-state index is 12.7. The van der Waals surface area contributed by atoms with Crippen LogP contribution < -0.4 is 10.6 Å². The van der Waals surface area contributed by atoms with Gasteiger partial charge in [0.2, 0.25) is 5.95 Å². The number of nitro benzene ring substituents is 1. The molecule has 1 amide bonds. The lowest BCUT2D eigenvalue weighted by atomic mass is 10.0. The van der Waals surface area contributed by atoms with E-state index in [2.05, 4.69) is 26.8 Å². The summed E-state index contributed by atoms with van der Waals surface area (Å²) < 4.78 is 1.70. The summed E-state index contributed by atoms with van der Waals surface area (Å²) in [6.07, 6.45) is 2.05. The standard InChI is InChI=1S/C24H18N6O3/c31-22(18-12-7-13-19(14-18)30(32)33)26-23-27-24-25-20(16-8-3-1-4-9-16)15-21(29(24)28-23)17-10-5-2-6-11-17/h1-15,21H,(H2,25,26,27,28,31)/t21-/m0/s1. The van der Waals surface area contributed by atoms with E-state index in [1.807, 2.05) is 60.7 Å². The number of rotatable bonds is 5. The lowest BCUT2D eigenvalue weighted by Gasteiger charge is -2.24. The number of hydrogen-bond acceptors (Lipinski definition) is 6. The molecule has 0 saturated heterocycles. The molecular weight excluding hydrogens is 420 g/mol. The van der Waals surface area contributed by atoms with E-state index in [4.69, 9.17) is 0 Å². The lowest BCUT2D eigenvalue weighted by molar-refractivity contribution is -0.384. The number of carbonyl (C=O) groups is 1. The molecule has 4 aromatic rings. The number of fused-ring (bicyclic) bond motifs is 1. The zero-order valence-electron chi connectivity index (χ0n) is 17.3. The first-order valence-corrected chi connectivity index (χ1v) is 10.2. The van der Waals surface area contributed by atoms with Crippen molar-refractivity contribution in [3.05, 3.63) is 118 Å². The minimum Gasteiger partial charge on any atom is -0.324 e. The van der Waals surface area contributed by atoms with Crippen LogP contribution in [0, 0.1) is 10.1 Å². The molecule has 2 heterocycles. The summed E-state index contributed by atoms with van der Waals surface area (Å²) in [7, 11) is 0. The molecule has 2 N–H and O–H groups in total. The molecule has 0 fully saturated rings. The van der Waals surface area contributed by atoms with Crippen molar-refractivity contribution in [3.63, 3.8) is 0 Å². The number of allylic oxidation sites excluding steroid dienone is 1. The molecule has 3 aromatic carbocycles. The molecule has 0 radical (unpaired) electrons. The summed E-state index contributed by atoms with van der Waals surface area (Å²) in [5.74, 6) is 0.0337. The molecule has 0 aliphatic carbocycles. The maximum Gasteiger partial charge on any atom is 0.270 e. The molecule has 1 aromatic heterocycles. The Morgan fingerprint density at radius 3 is 2.45 bits per heavy atom. The first kappa shape index (κ1) is 20.1. The van der Waals surface area contributed by atoms with Gasteiger partial charge in [0.1, 0.15) is 6.04 Å². The van der Waals surface area contributed by atoms with Gasteiger partial charge in [0.25, 0.3) is 17.5 Å². The number of aromatic nitrogens is 3. The molecule has 0 unspecified atom stereocenters. The van der Waals surface area contributed by atoms with E-state index in [9.17, 15) is 14.9 Å². The Hall–Kier alpha value is -4.79. The number of amides is 1. The van der Waals surface area contributed by atoms with E-state index in [0.29, 0.717) is 5.95 Å². The van der Waals surface area contributed by atoms with Crippen LogP contribution in [0.15, 0.2) is 91.0 Å². The highest BCUT2D eigenvalue weighted by Crippen LogP contribution is 2.33. The van der Waals surface area contributed by atoms with Crippen molar-refractivity contribution in [1.82, 2.24) is 14.8 Å². The number of nitrogens with one attached hydrogen (secondary N) is 2. The van der Waals surface area contributed by atoms with Gasteiger partial charge in [0.15, 0.2) is 0 Å². The summed E-state index contributed by atoms with van der Waals surface area (Å²) in [5.41, 5.74) is 2.86. The Labute approximate surface area is 188 Å². The number of benzene rings is 3. The van der Waals surface area contributed by atoms with Gasteiger partial charge in [-0.25, -0.2) is 4.68 Å². The van der Waals surface area contributed by atoms with Gasteiger partial charge in [0, 0.05) is 23.4 Å². The number of carbonyl (C=O) groups excluding carboxylic acids is 1. The normalized spacial score (nSPS) is 14.5. The first-order valence-electron chi connectivity index (χ1n) is 10.2. The van der Waals surface area contributed by atoms with E-state index >= 15 is 0 Å². The first-order chi connectivity index (χ1) is 16.1. The molecule has 0 saturated carbocycles. The quantitative estimate of drug-likeness (QED) is 0.350. The van der Waals surface area contributed by atoms with Crippen molar-refractivity contribution < 1.29 is 9.72 Å². The van der Waals surface area contributed by atoms with Gasteiger partial charge in [-0.2, -0.15) is 4.98 Å². The fourth-order valence-electron chi connectivity index (χ4n) is 3.65. The van der Waals surface area contributed by atoms with Crippen molar-refractivity contribution in [3.8, 4) is 0 Å². The van der Waals surface area contributed by atoms with Crippen molar-refractivity contribution in [2.75, 3.05) is 10.6 Å². The van der Waals surface area contributed by atoms with Crippen LogP contribution in [-0.2, 0) is 0 Å².